The zero-order valence-electron chi connectivity index (χ0n) is 20.5. The second-order valence-corrected chi connectivity index (χ2v) is 9.18. The van der Waals surface area contributed by atoms with E-state index >= 15 is 0 Å². The molecule has 36 heavy (non-hydrogen) atoms. The molecule has 0 bridgehead atoms. The molecule has 5 atom stereocenters. The lowest BCUT2D eigenvalue weighted by Crippen LogP contribution is -2.66. The highest BCUT2D eigenvalue weighted by atomic mass is 19.1. The van der Waals surface area contributed by atoms with E-state index in [0.29, 0.717) is 0 Å². The van der Waals surface area contributed by atoms with E-state index in [1.54, 1.807) is 6.92 Å². The van der Waals surface area contributed by atoms with Gasteiger partial charge in [0.1, 0.15) is 47.2 Å². The van der Waals surface area contributed by atoms with Gasteiger partial charge < -0.3 is 30.6 Å². The van der Waals surface area contributed by atoms with Gasteiger partial charge in [-0.3, -0.25) is 0 Å². The molecule has 0 heterocycles. The van der Waals surface area contributed by atoms with Crippen LogP contribution in [0.2, 0.25) is 0 Å². The third kappa shape index (κ3) is 6.07. The molecule has 0 spiro atoms. The second-order valence-electron chi connectivity index (χ2n) is 9.18. The first kappa shape index (κ1) is 30.1. The minimum absolute atomic E-state index is 0.0379. The van der Waals surface area contributed by atoms with Crippen LogP contribution < -0.4 is 0 Å². The summed E-state index contributed by atoms with van der Waals surface area (Å²) in [4.78, 5) is 0. The summed E-state index contributed by atoms with van der Waals surface area (Å²) in [6.45, 7) is 3.44. The maximum atomic E-state index is 14.4. The van der Waals surface area contributed by atoms with Crippen molar-refractivity contribution in [2.24, 2.45) is 0 Å². The Morgan fingerprint density at radius 2 is 1.11 bits per heavy atom. The van der Waals surface area contributed by atoms with Crippen molar-refractivity contribution in [2.45, 2.75) is 82.4 Å². The van der Waals surface area contributed by atoms with Gasteiger partial charge in [-0.1, -0.05) is 20.8 Å². The summed E-state index contributed by atoms with van der Waals surface area (Å²) in [7, 11) is 0. The van der Waals surface area contributed by atoms with Gasteiger partial charge in [0.15, 0.2) is 0 Å². The summed E-state index contributed by atoms with van der Waals surface area (Å²) in [5.41, 5.74) is -5.83. The Bertz CT molecular complexity index is 1010. The molecule has 2 aromatic carbocycles. The molecule has 2 rings (SSSR count). The fraction of sp³-hybridized carbons (Fsp3) is 0.538. The number of hydrogen-bond acceptors (Lipinski definition) is 6. The van der Waals surface area contributed by atoms with Crippen LogP contribution in [0.1, 0.15) is 49.4 Å². The third-order valence-corrected chi connectivity index (χ3v) is 6.76. The molecule has 0 fully saturated rings. The van der Waals surface area contributed by atoms with Crippen LogP contribution in [0.25, 0.3) is 0 Å². The van der Waals surface area contributed by atoms with Crippen molar-refractivity contribution in [2.75, 3.05) is 6.61 Å². The van der Waals surface area contributed by atoms with Crippen molar-refractivity contribution in [3.8, 4) is 0 Å². The maximum Gasteiger partial charge on any atom is 0.129 e. The van der Waals surface area contributed by atoms with Crippen LogP contribution in [0, 0.1) is 23.3 Å². The first-order valence-corrected chi connectivity index (χ1v) is 11.8. The van der Waals surface area contributed by atoms with E-state index < -0.39 is 72.2 Å². The van der Waals surface area contributed by atoms with Crippen LogP contribution in [-0.2, 0) is 25.7 Å². The average Bonchev–Trinajstić information content (AvgIpc) is 2.82. The Morgan fingerprint density at radius 3 is 1.44 bits per heavy atom. The molecule has 6 nitrogen and oxygen atoms in total. The topological polar surface area (TPSA) is 121 Å². The highest BCUT2D eigenvalue weighted by Gasteiger charge is 2.53. The van der Waals surface area contributed by atoms with E-state index in [0.717, 1.165) is 24.3 Å². The van der Waals surface area contributed by atoms with Crippen molar-refractivity contribution < 1.29 is 48.2 Å². The van der Waals surface area contributed by atoms with E-state index in [2.05, 4.69) is 0 Å². The largest absolute Gasteiger partial charge is 0.394 e. The summed E-state index contributed by atoms with van der Waals surface area (Å²) in [5, 5.41) is 63.9. The summed E-state index contributed by atoms with van der Waals surface area (Å²) in [5.74, 6) is -3.61. The molecule has 0 saturated carbocycles. The lowest BCUT2D eigenvalue weighted by atomic mass is 9.72. The molecule has 0 amide bonds. The van der Waals surface area contributed by atoms with Gasteiger partial charge in [-0.05, 0) is 54.7 Å². The Labute approximate surface area is 207 Å². The molecule has 1 unspecified atom stereocenters. The molecule has 0 aromatic heterocycles. The molecule has 0 radical (unpaired) electrons. The van der Waals surface area contributed by atoms with Gasteiger partial charge in [-0.2, -0.15) is 0 Å². The minimum atomic E-state index is -2.85. The molecular weight excluding hydrogens is 484 g/mol. The lowest BCUT2D eigenvalue weighted by Gasteiger charge is -2.45. The highest BCUT2D eigenvalue weighted by Crippen LogP contribution is 2.35. The zero-order chi connectivity index (χ0) is 27.4. The molecule has 0 aliphatic carbocycles. The first-order valence-electron chi connectivity index (χ1n) is 11.8. The van der Waals surface area contributed by atoms with Gasteiger partial charge in [0.2, 0.25) is 0 Å². The Hall–Kier alpha value is -2.08. The van der Waals surface area contributed by atoms with Gasteiger partial charge in [-0.25, -0.2) is 17.6 Å². The van der Waals surface area contributed by atoms with Gasteiger partial charge in [-0.15, -0.1) is 0 Å². The molecule has 0 saturated heterocycles. The second kappa shape index (κ2) is 12.0. The van der Waals surface area contributed by atoms with E-state index in [9.17, 15) is 48.2 Å². The Morgan fingerprint density at radius 1 is 0.722 bits per heavy atom. The fourth-order valence-corrected chi connectivity index (χ4v) is 4.55. The predicted molar refractivity (Wildman–Crippen MR) is 124 cm³/mol. The fourth-order valence-electron chi connectivity index (χ4n) is 4.55. The molecule has 0 aliphatic rings. The van der Waals surface area contributed by atoms with E-state index in [-0.39, 0.29) is 41.5 Å². The van der Waals surface area contributed by atoms with Crippen molar-refractivity contribution in [3.63, 3.8) is 0 Å². The average molecular weight is 519 g/mol. The van der Waals surface area contributed by atoms with E-state index in [1.807, 2.05) is 0 Å². The molecular formula is C26H34F4O6. The first-order chi connectivity index (χ1) is 16.8. The monoisotopic (exact) mass is 518 g/mol. The Kier molecular flexibility index (Phi) is 10.0. The lowest BCUT2D eigenvalue weighted by molar-refractivity contribution is -0.229. The van der Waals surface area contributed by atoms with Crippen LogP contribution in [-0.4, -0.2) is 66.8 Å². The normalized spacial score (nSPS) is 17.8. The third-order valence-electron chi connectivity index (χ3n) is 6.76. The van der Waals surface area contributed by atoms with Crippen molar-refractivity contribution in [3.05, 3.63) is 69.8 Å². The SMILES string of the molecule is CCc1c(F)cc(CC(O)(CC)[C@@H](O)[C@@](O)(Cc2cc(F)c(CC)c(F)c2)[C@H](O)[C@@H](O)CO)cc1F. The maximum absolute atomic E-state index is 14.4. The number of aliphatic hydroxyl groups excluding tert-OH is 4. The van der Waals surface area contributed by atoms with E-state index in [1.165, 1.54) is 13.8 Å². The van der Waals surface area contributed by atoms with Crippen LogP contribution in [0.15, 0.2) is 24.3 Å². The van der Waals surface area contributed by atoms with Gasteiger partial charge in [0, 0.05) is 24.0 Å². The summed E-state index contributed by atoms with van der Waals surface area (Å²) in [6, 6.07) is 3.72. The predicted octanol–water partition coefficient (Wildman–Crippen LogP) is 2.10. The minimum Gasteiger partial charge on any atom is -0.394 e. The zero-order valence-corrected chi connectivity index (χ0v) is 20.5. The molecule has 0 aliphatic heterocycles. The molecule has 10 heteroatoms. The van der Waals surface area contributed by atoms with Crippen molar-refractivity contribution >= 4 is 0 Å². The Balaban J connectivity index is 2.55. The molecule has 6 N–H and O–H groups in total. The smallest absolute Gasteiger partial charge is 0.129 e. The summed E-state index contributed by atoms with van der Waals surface area (Å²) in [6.07, 6.45) is -8.20. The summed E-state index contributed by atoms with van der Waals surface area (Å²) < 4.78 is 57.4. The van der Waals surface area contributed by atoms with E-state index in [4.69, 9.17) is 0 Å². The van der Waals surface area contributed by atoms with Crippen LogP contribution >= 0.6 is 0 Å². The van der Waals surface area contributed by atoms with Gasteiger partial charge >= 0.3 is 0 Å². The number of halogens is 4. The number of aliphatic hydroxyl groups is 6. The van der Waals surface area contributed by atoms with Crippen molar-refractivity contribution in [1.29, 1.82) is 0 Å². The standard InChI is InChI=1S/C26H34F4O6/c1-4-16-18(27)7-14(8-19(16)28)11-25(35,6-3)24(34)26(36,23(33)22(32)13-31)12-15-9-20(29)17(5-2)21(30)10-15/h7-10,22-24,31-36H,4-6,11-13H2,1-3H3/t22-,23+,24+,25?,26+/m0/s1. The number of benzene rings is 2. The van der Waals surface area contributed by atoms with Crippen LogP contribution in [0.5, 0.6) is 0 Å². The molecule has 2 aromatic rings. The number of rotatable bonds is 12. The van der Waals surface area contributed by atoms with Gasteiger partial charge in [0.05, 0.1) is 12.2 Å². The number of hydrogen-bond donors (Lipinski definition) is 6. The highest BCUT2D eigenvalue weighted by molar-refractivity contribution is 5.30. The van der Waals surface area contributed by atoms with Gasteiger partial charge in [0.25, 0.3) is 0 Å². The van der Waals surface area contributed by atoms with Crippen molar-refractivity contribution in [1.82, 2.24) is 0 Å². The quantitative estimate of drug-likeness (QED) is 0.240. The molecule has 202 valence electrons. The van der Waals surface area contributed by atoms with Crippen LogP contribution in [0.3, 0.4) is 0 Å². The van der Waals surface area contributed by atoms with Crippen LogP contribution in [0.4, 0.5) is 17.6 Å². The summed E-state index contributed by atoms with van der Waals surface area (Å²) >= 11 is 0.